The van der Waals surface area contributed by atoms with E-state index in [0.717, 1.165) is 32.1 Å². The SMILES string of the molecule is CCCCCC/C=C\CCCCCCCCC(=O)OC[C@@H](O)COP(=O)([O-])C(CC)[N+](C)(C)CCC(O)O. The lowest BCUT2D eigenvalue weighted by Crippen LogP contribution is -2.51. The molecule has 0 radical (unpaired) electrons. The average Bonchev–Trinajstić information content (AvgIpc) is 2.85. The van der Waals surface area contributed by atoms with Crippen LogP contribution in [0.3, 0.4) is 0 Å². The molecule has 0 aromatic rings. The summed E-state index contributed by atoms with van der Waals surface area (Å²) in [5, 5.41) is 28.3. The van der Waals surface area contributed by atoms with Crippen LogP contribution in [-0.4, -0.2) is 77.8 Å². The van der Waals surface area contributed by atoms with E-state index in [2.05, 4.69) is 19.1 Å². The highest BCUT2D eigenvalue weighted by Crippen LogP contribution is 2.48. The summed E-state index contributed by atoms with van der Waals surface area (Å²) in [6, 6.07) is 0. The molecule has 0 amide bonds. The molecule has 0 heterocycles. The maximum absolute atomic E-state index is 12.7. The largest absolute Gasteiger partial charge is 0.774 e. The van der Waals surface area contributed by atoms with Crippen LogP contribution in [0.5, 0.6) is 0 Å². The van der Waals surface area contributed by atoms with Gasteiger partial charge in [-0.1, -0.05) is 70.9 Å². The van der Waals surface area contributed by atoms with Gasteiger partial charge in [-0.3, -0.25) is 4.79 Å². The third-order valence-corrected chi connectivity index (χ3v) is 9.01. The van der Waals surface area contributed by atoms with Gasteiger partial charge in [-0.25, -0.2) is 0 Å². The zero-order chi connectivity index (χ0) is 28.9. The van der Waals surface area contributed by atoms with Crippen LogP contribution in [0, 0.1) is 0 Å². The molecule has 0 spiro atoms. The summed E-state index contributed by atoms with van der Waals surface area (Å²) in [6.07, 6.45) is 16.2. The summed E-state index contributed by atoms with van der Waals surface area (Å²) in [5.41, 5.74) is 0. The molecule has 10 heteroatoms. The number of unbranched alkanes of at least 4 members (excludes halogenated alkanes) is 10. The minimum atomic E-state index is -4.38. The fraction of sp³-hybridized carbons (Fsp3) is 0.893. The van der Waals surface area contributed by atoms with Crippen LogP contribution in [0.25, 0.3) is 0 Å². The predicted molar refractivity (Wildman–Crippen MR) is 149 cm³/mol. The van der Waals surface area contributed by atoms with Gasteiger partial charge in [-0.15, -0.1) is 0 Å². The van der Waals surface area contributed by atoms with E-state index in [1.54, 1.807) is 21.0 Å². The Kier molecular flexibility index (Phi) is 21.5. The Morgan fingerprint density at radius 2 is 1.45 bits per heavy atom. The molecule has 226 valence electrons. The van der Waals surface area contributed by atoms with E-state index in [0.29, 0.717) is 0 Å². The van der Waals surface area contributed by atoms with Gasteiger partial charge in [0, 0.05) is 19.3 Å². The molecular weight excluding hydrogens is 509 g/mol. The van der Waals surface area contributed by atoms with Gasteiger partial charge < -0.3 is 38.5 Å². The molecule has 0 aliphatic heterocycles. The number of hydrogen-bond donors (Lipinski definition) is 3. The molecule has 0 saturated heterocycles. The first kappa shape index (κ1) is 37.2. The summed E-state index contributed by atoms with van der Waals surface area (Å²) >= 11 is 0. The van der Waals surface area contributed by atoms with Crippen LogP contribution in [-0.2, 0) is 18.6 Å². The second kappa shape index (κ2) is 22.0. The monoisotopic (exact) mass is 565 g/mol. The van der Waals surface area contributed by atoms with E-state index >= 15 is 0 Å². The fourth-order valence-electron chi connectivity index (χ4n) is 4.45. The van der Waals surface area contributed by atoms with E-state index in [-0.39, 0.29) is 36.9 Å². The molecule has 0 bridgehead atoms. The van der Waals surface area contributed by atoms with Gasteiger partial charge >= 0.3 is 5.97 Å². The van der Waals surface area contributed by atoms with Gasteiger partial charge in [0.2, 0.25) is 0 Å². The third kappa shape index (κ3) is 19.3. The quantitative estimate of drug-likeness (QED) is 0.0364. The first-order chi connectivity index (χ1) is 18.0. The summed E-state index contributed by atoms with van der Waals surface area (Å²) < 4.78 is 22.8. The topological polar surface area (TPSA) is 136 Å². The average molecular weight is 566 g/mol. The van der Waals surface area contributed by atoms with Crippen LogP contribution in [0.4, 0.5) is 0 Å². The Labute approximate surface area is 231 Å². The lowest BCUT2D eigenvalue weighted by atomic mass is 10.1. The summed E-state index contributed by atoms with van der Waals surface area (Å²) in [4.78, 5) is 24.6. The molecule has 9 nitrogen and oxygen atoms in total. The van der Waals surface area contributed by atoms with Crippen LogP contribution >= 0.6 is 7.60 Å². The number of hydrogen-bond acceptors (Lipinski definition) is 8. The number of carbonyl (C=O) groups is 1. The van der Waals surface area contributed by atoms with Crippen molar-refractivity contribution in [1.29, 1.82) is 0 Å². The summed E-state index contributed by atoms with van der Waals surface area (Å²) in [5.74, 6) is -1.32. The molecule has 0 rings (SSSR count). The van der Waals surface area contributed by atoms with Crippen molar-refractivity contribution in [3.05, 3.63) is 12.2 Å². The van der Waals surface area contributed by atoms with Crippen molar-refractivity contribution in [3.63, 3.8) is 0 Å². The number of aliphatic hydroxyl groups excluding tert-OH is 2. The maximum Gasteiger partial charge on any atom is 0.305 e. The van der Waals surface area contributed by atoms with Gasteiger partial charge in [0.15, 0.2) is 19.7 Å². The smallest absolute Gasteiger partial charge is 0.305 e. The van der Waals surface area contributed by atoms with Gasteiger partial charge in [0.05, 0.1) is 27.2 Å². The van der Waals surface area contributed by atoms with Crippen molar-refractivity contribution in [3.8, 4) is 0 Å². The van der Waals surface area contributed by atoms with Crippen molar-refractivity contribution in [2.45, 2.75) is 128 Å². The van der Waals surface area contributed by atoms with Crippen molar-refractivity contribution in [2.75, 3.05) is 33.9 Å². The lowest BCUT2D eigenvalue weighted by molar-refractivity contribution is -0.904. The molecule has 38 heavy (non-hydrogen) atoms. The van der Waals surface area contributed by atoms with Crippen molar-refractivity contribution in [2.24, 2.45) is 0 Å². The number of allylic oxidation sites excluding steroid dienone is 2. The first-order valence-corrected chi connectivity index (χ1v) is 16.2. The van der Waals surface area contributed by atoms with Gasteiger partial charge in [-0.05, 0) is 32.1 Å². The first-order valence-electron chi connectivity index (χ1n) is 14.6. The number of nitrogens with zero attached hydrogens (tertiary/aromatic N) is 1. The zero-order valence-corrected chi connectivity index (χ0v) is 25.3. The van der Waals surface area contributed by atoms with E-state index in [4.69, 9.17) is 19.5 Å². The van der Waals surface area contributed by atoms with Gasteiger partial charge in [0.1, 0.15) is 12.7 Å². The number of esters is 1. The summed E-state index contributed by atoms with van der Waals surface area (Å²) in [7, 11) is -1.02. The number of ether oxygens (including phenoxy) is 1. The molecule has 0 aromatic heterocycles. The number of rotatable bonds is 25. The Bertz CT molecular complexity index is 671. The second-order valence-corrected chi connectivity index (χ2v) is 12.7. The highest BCUT2D eigenvalue weighted by molar-refractivity contribution is 7.51. The molecule has 0 saturated carbocycles. The molecule has 0 fully saturated rings. The molecular formula is C28H56NO8P. The predicted octanol–water partition coefficient (Wildman–Crippen LogP) is 4.62. The number of quaternary nitrogens is 1. The summed E-state index contributed by atoms with van der Waals surface area (Å²) in [6.45, 7) is 3.34. The zero-order valence-electron chi connectivity index (χ0n) is 24.4. The van der Waals surface area contributed by atoms with Gasteiger partial charge in [0.25, 0.3) is 0 Å². The highest BCUT2D eigenvalue weighted by atomic mass is 31.2. The number of aliphatic hydroxyl groups is 3. The van der Waals surface area contributed by atoms with Crippen LogP contribution in [0.1, 0.15) is 110 Å². The minimum Gasteiger partial charge on any atom is -0.774 e. The van der Waals surface area contributed by atoms with Crippen molar-refractivity contribution < 1.29 is 43.3 Å². The Hall–Kier alpha value is -0.800. The molecule has 0 aliphatic rings. The lowest BCUT2D eigenvalue weighted by Gasteiger charge is -2.43. The van der Waals surface area contributed by atoms with E-state index in [9.17, 15) is 19.4 Å². The van der Waals surface area contributed by atoms with E-state index in [1.807, 2.05) is 0 Å². The second-order valence-electron chi connectivity index (χ2n) is 10.8. The van der Waals surface area contributed by atoms with E-state index in [1.165, 1.54) is 44.9 Å². The minimum absolute atomic E-state index is 0.00375. The fourth-order valence-corrected chi connectivity index (χ4v) is 6.33. The van der Waals surface area contributed by atoms with E-state index < -0.39 is 38.3 Å². The molecule has 0 aromatic carbocycles. The van der Waals surface area contributed by atoms with Crippen LogP contribution in [0.15, 0.2) is 12.2 Å². The number of carbonyl (C=O) groups excluding carboxylic acids is 1. The molecule has 2 unspecified atom stereocenters. The normalized spacial score (nSPS) is 15.6. The maximum atomic E-state index is 12.7. The van der Waals surface area contributed by atoms with Crippen LogP contribution in [0.2, 0.25) is 0 Å². The van der Waals surface area contributed by atoms with Crippen LogP contribution < -0.4 is 4.89 Å². The molecule has 0 aliphatic carbocycles. The Balaban J connectivity index is 3.98. The van der Waals surface area contributed by atoms with Gasteiger partial charge in [-0.2, -0.15) is 0 Å². The Morgan fingerprint density at radius 1 is 0.895 bits per heavy atom. The molecule has 3 atom stereocenters. The van der Waals surface area contributed by atoms with Crippen molar-refractivity contribution >= 4 is 13.6 Å². The van der Waals surface area contributed by atoms with Crippen molar-refractivity contribution in [1.82, 2.24) is 0 Å². The highest BCUT2D eigenvalue weighted by Gasteiger charge is 2.37. The standard InChI is InChI=1S/C28H56NO8P/c1-5-7-8-9-10-11-12-13-14-15-16-17-18-19-20-28(33)36-23-25(30)24-37-38(34,35)26(6-2)29(3,4)22-21-27(31)32/h11-12,25-27,30-32H,5-10,13-24H2,1-4H3/b12-11-/t25-,26?/m1/s1. The molecule has 3 N–H and O–H groups in total. The third-order valence-electron chi connectivity index (χ3n) is 6.78. The Morgan fingerprint density at radius 3 is 2.00 bits per heavy atom.